The summed E-state index contributed by atoms with van der Waals surface area (Å²) in [5, 5.41) is 10.6. The summed E-state index contributed by atoms with van der Waals surface area (Å²) in [4.78, 5) is 72.8. The maximum absolute atomic E-state index is 13.1. The Morgan fingerprint density at radius 3 is 0.740 bits per heavy atom. The lowest BCUT2D eigenvalue weighted by Crippen LogP contribution is -2.30. The highest BCUT2D eigenvalue weighted by molar-refractivity contribution is 7.47. The first-order valence-electron chi connectivity index (χ1n) is 39.7. The van der Waals surface area contributed by atoms with Gasteiger partial charge in [0.2, 0.25) is 0 Å². The highest BCUT2D eigenvalue weighted by Gasteiger charge is 2.30. The minimum atomic E-state index is -4.96. The number of phosphoric acid groups is 2. The van der Waals surface area contributed by atoms with E-state index in [4.69, 9.17) is 37.0 Å². The first-order chi connectivity index (χ1) is 46.1. The Labute approximate surface area is 588 Å². The quantitative estimate of drug-likeness (QED) is 0.0222. The number of carbonyl (C=O) groups is 4. The molecule has 570 valence electrons. The number of esters is 4. The third-order valence-electron chi connectivity index (χ3n) is 18.2. The van der Waals surface area contributed by atoms with Crippen molar-refractivity contribution in [2.45, 2.75) is 408 Å². The van der Waals surface area contributed by atoms with Gasteiger partial charge in [-0.25, -0.2) is 9.13 Å². The molecular weight excluding hydrogens is 1260 g/mol. The highest BCUT2D eigenvalue weighted by atomic mass is 31.2. The van der Waals surface area contributed by atoms with Crippen LogP contribution in [0, 0.1) is 23.7 Å². The zero-order valence-electron chi connectivity index (χ0n) is 63.0. The molecule has 0 aromatic heterocycles. The van der Waals surface area contributed by atoms with E-state index < -0.39 is 97.5 Å². The topological polar surface area (TPSA) is 237 Å². The van der Waals surface area contributed by atoms with E-state index in [0.717, 1.165) is 114 Å². The molecule has 0 aliphatic heterocycles. The molecular formula is C77H150O17P2. The molecule has 4 unspecified atom stereocenters. The van der Waals surface area contributed by atoms with Crippen LogP contribution in [0.5, 0.6) is 0 Å². The van der Waals surface area contributed by atoms with E-state index in [2.05, 4.69) is 55.4 Å². The van der Waals surface area contributed by atoms with Gasteiger partial charge in [0.25, 0.3) is 0 Å². The van der Waals surface area contributed by atoms with E-state index in [-0.39, 0.29) is 25.7 Å². The number of rotatable bonds is 74. The fourth-order valence-corrected chi connectivity index (χ4v) is 13.3. The summed E-state index contributed by atoms with van der Waals surface area (Å²) >= 11 is 0. The van der Waals surface area contributed by atoms with Crippen molar-refractivity contribution in [3.63, 3.8) is 0 Å². The zero-order valence-corrected chi connectivity index (χ0v) is 64.8. The van der Waals surface area contributed by atoms with Crippen LogP contribution in [0.15, 0.2) is 0 Å². The van der Waals surface area contributed by atoms with E-state index in [1.165, 1.54) is 186 Å². The first-order valence-corrected chi connectivity index (χ1v) is 42.7. The third-order valence-corrected chi connectivity index (χ3v) is 20.1. The summed E-state index contributed by atoms with van der Waals surface area (Å²) in [5.41, 5.74) is 0. The van der Waals surface area contributed by atoms with Gasteiger partial charge in [-0.15, -0.1) is 0 Å². The van der Waals surface area contributed by atoms with Gasteiger partial charge in [-0.1, -0.05) is 338 Å². The lowest BCUT2D eigenvalue weighted by Gasteiger charge is -2.21. The molecule has 6 atom stereocenters. The Bertz CT molecular complexity index is 1890. The first kappa shape index (κ1) is 94.1. The Morgan fingerprint density at radius 1 is 0.292 bits per heavy atom. The Morgan fingerprint density at radius 2 is 0.500 bits per heavy atom. The molecule has 17 nitrogen and oxygen atoms in total. The van der Waals surface area contributed by atoms with Crippen molar-refractivity contribution in [1.82, 2.24) is 0 Å². The summed E-state index contributed by atoms with van der Waals surface area (Å²) in [5.74, 6) is 0.952. The standard InChI is InChI=1S/C77H150O17P2/c1-9-70(8)56-48-40-32-23-19-15-11-13-17-21-25-35-44-52-59-76(81)93-72(63-87-74(79)57-49-41-33-27-26-30-38-46-54-68(4)5)65-91-95(83,84)89-61-71(78)62-90-96(85,86)92-66-73(64-88-75(80)58-50-42-36-28-31-39-47-55-69(6)7)94-77(82)60-51-43-34-24-20-16-12-10-14-18-22-29-37-45-53-67(2)3/h67-73,78H,9-66H2,1-8H3,(H,83,84)(H,85,86)/t70?,71?,72-,73-/m1/s1. The molecule has 0 rings (SSSR count). The Kier molecular flexibility index (Phi) is 65.0. The fraction of sp³-hybridized carbons (Fsp3) is 0.948. The molecule has 96 heavy (non-hydrogen) atoms. The van der Waals surface area contributed by atoms with E-state index in [1.807, 2.05) is 0 Å². The molecule has 0 aromatic rings. The molecule has 0 aromatic carbocycles. The average molecular weight is 1410 g/mol. The van der Waals surface area contributed by atoms with Crippen LogP contribution >= 0.6 is 15.6 Å². The highest BCUT2D eigenvalue weighted by Crippen LogP contribution is 2.45. The van der Waals surface area contributed by atoms with Crippen molar-refractivity contribution >= 4 is 39.5 Å². The van der Waals surface area contributed by atoms with Crippen LogP contribution in [-0.2, 0) is 65.4 Å². The number of hydrogen-bond acceptors (Lipinski definition) is 15. The number of carbonyl (C=O) groups excluding carboxylic acids is 4. The second-order valence-electron chi connectivity index (χ2n) is 29.4. The molecule has 0 aliphatic carbocycles. The van der Waals surface area contributed by atoms with Crippen LogP contribution < -0.4 is 0 Å². The zero-order chi connectivity index (χ0) is 71.0. The minimum Gasteiger partial charge on any atom is -0.462 e. The lowest BCUT2D eigenvalue weighted by molar-refractivity contribution is -0.161. The number of ether oxygens (including phenoxy) is 4. The van der Waals surface area contributed by atoms with Crippen LogP contribution in [-0.4, -0.2) is 96.7 Å². The number of aliphatic hydroxyl groups is 1. The van der Waals surface area contributed by atoms with E-state index >= 15 is 0 Å². The second-order valence-corrected chi connectivity index (χ2v) is 32.3. The number of hydrogen-bond donors (Lipinski definition) is 3. The van der Waals surface area contributed by atoms with Crippen molar-refractivity contribution in [3.8, 4) is 0 Å². The van der Waals surface area contributed by atoms with Gasteiger partial charge in [0.15, 0.2) is 12.2 Å². The predicted octanol–water partition coefficient (Wildman–Crippen LogP) is 22.4. The summed E-state index contributed by atoms with van der Waals surface area (Å²) in [6.45, 7) is 14.2. The van der Waals surface area contributed by atoms with Gasteiger partial charge in [-0.2, -0.15) is 0 Å². The molecule has 19 heteroatoms. The Balaban J connectivity index is 5.22. The molecule has 0 spiro atoms. The maximum atomic E-state index is 13.1. The fourth-order valence-electron chi connectivity index (χ4n) is 11.7. The minimum absolute atomic E-state index is 0.106. The van der Waals surface area contributed by atoms with Crippen molar-refractivity contribution < 1.29 is 80.2 Å². The largest absolute Gasteiger partial charge is 0.472 e. The maximum Gasteiger partial charge on any atom is 0.472 e. The van der Waals surface area contributed by atoms with Gasteiger partial charge < -0.3 is 33.8 Å². The summed E-state index contributed by atoms with van der Waals surface area (Å²) in [6, 6.07) is 0. The van der Waals surface area contributed by atoms with E-state index in [9.17, 15) is 43.2 Å². The smallest absolute Gasteiger partial charge is 0.462 e. The normalized spacial score (nSPS) is 14.4. The lowest BCUT2D eigenvalue weighted by atomic mass is 9.99. The molecule has 0 saturated carbocycles. The molecule has 0 saturated heterocycles. The Hall–Kier alpha value is -1.94. The van der Waals surface area contributed by atoms with Gasteiger partial charge in [-0.3, -0.25) is 37.3 Å². The van der Waals surface area contributed by atoms with Gasteiger partial charge in [0.1, 0.15) is 19.3 Å². The number of phosphoric ester groups is 2. The monoisotopic (exact) mass is 1410 g/mol. The van der Waals surface area contributed by atoms with Gasteiger partial charge in [0, 0.05) is 25.7 Å². The van der Waals surface area contributed by atoms with E-state index in [1.54, 1.807) is 0 Å². The van der Waals surface area contributed by atoms with Crippen molar-refractivity contribution in [3.05, 3.63) is 0 Å². The van der Waals surface area contributed by atoms with Crippen molar-refractivity contribution in [1.29, 1.82) is 0 Å². The molecule has 0 bridgehead atoms. The molecule has 0 amide bonds. The van der Waals surface area contributed by atoms with Crippen molar-refractivity contribution in [2.75, 3.05) is 39.6 Å². The summed E-state index contributed by atoms with van der Waals surface area (Å²) in [6.07, 6.45) is 51.4. The predicted molar refractivity (Wildman–Crippen MR) is 391 cm³/mol. The van der Waals surface area contributed by atoms with Crippen LogP contribution in [0.1, 0.15) is 389 Å². The molecule has 0 fully saturated rings. The summed E-state index contributed by atoms with van der Waals surface area (Å²) in [7, 11) is -9.91. The molecule has 0 radical (unpaired) electrons. The van der Waals surface area contributed by atoms with Crippen LogP contribution in [0.3, 0.4) is 0 Å². The van der Waals surface area contributed by atoms with Crippen LogP contribution in [0.4, 0.5) is 0 Å². The van der Waals surface area contributed by atoms with Crippen LogP contribution in [0.2, 0.25) is 0 Å². The van der Waals surface area contributed by atoms with Gasteiger partial charge in [0.05, 0.1) is 26.4 Å². The van der Waals surface area contributed by atoms with Crippen molar-refractivity contribution in [2.24, 2.45) is 23.7 Å². The second kappa shape index (κ2) is 66.3. The molecule has 0 aliphatic rings. The molecule has 0 heterocycles. The number of aliphatic hydroxyl groups excluding tert-OH is 1. The summed E-state index contributed by atoms with van der Waals surface area (Å²) < 4.78 is 68.5. The van der Waals surface area contributed by atoms with Gasteiger partial charge in [-0.05, 0) is 49.4 Å². The molecule has 3 N–H and O–H groups in total. The SMILES string of the molecule is CCC(C)CCCCCCCCCCCCCCCCC(=O)O[C@H](COC(=O)CCCCCCCCCCC(C)C)COP(=O)(O)OCC(O)COP(=O)(O)OC[C@@H](COC(=O)CCCCCCCCCC(C)C)OC(=O)CCCCCCCCCCCCCCCCC(C)C. The average Bonchev–Trinajstić information content (AvgIpc) is 2.63. The third kappa shape index (κ3) is 69.2. The van der Waals surface area contributed by atoms with E-state index in [0.29, 0.717) is 31.6 Å². The van der Waals surface area contributed by atoms with Gasteiger partial charge >= 0.3 is 39.5 Å². The van der Waals surface area contributed by atoms with Crippen LogP contribution in [0.25, 0.3) is 0 Å². The number of unbranched alkanes of at least 4 members (excludes halogenated alkanes) is 39.